The van der Waals surface area contributed by atoms with Gasteiger partial charge in [0.1, 0.15) is 11.6 Å². The van der Waals surface area contributed by atoms with E-state index < -0.39 is 5.82 Å². The third-order valence-electron chi connectivity index (χ3n) is 2.59. The molecule has 0 radical (unpaired) electrons. The fourth-order valence-corrected chi connectivity index (χ4v) is 1.97. The van der Waals surface area contributed by atoms with Crippen LogP contribution in [0.4, 0.5) is 4.39 Å². The first-order chi connectivity index (χ1) is 9.42. The number of carbonyl (C=O) groups excluding carboxylic acids is 1. The number of nitrogens with one attached hydrogen (secondary N) is 1. The van der Waals surface area contributed by atoms with Crippen molar-refractivity contribution in [2.45, 2.75) is 26.3 Å². The number of halogens is 2. The van der Waals surface area contributed by atoms with Gasteiger partial charge in [0.25, 0.3) is 5.91 Å². The predicted molar refractivity (Wildman–Crippen MR) is 75.4 cm³/mol. The summed E-state index contributed by atoms with van der Waals surface area (Å²) in [4.78, 5) is 11.7. The van der Waals surface area contributed by atoms with E-state index in [0.717, 1.165) is 6.07 Å². The zero-order chi connectivity index (χ0) is 15.1. The van der Waals surface area contributed by atoms with E-state index in [-0.39, 0.29) is 35.9 Å². The number of carbonyl (C=O) groups is 1. The van der Waals surface area contributed by atoms with Gasteiger partial charge in [-0.3, -0.25) is 4.79 Å². The summed E-state index contributed by atoms with van der Waals surface area (Å²) in [6, 6.07) is 3.39. The van der Waals surface area contributed by atoms with Gasteiger partial charge in [0.05, 0.1) is 17.7 Å². The monoisotopic (exact) mass is 303 g/mol. The van der Waals surface area contributed by atoms with Crippen LogP contribution in [0.2, 0.25) is 5.02 Å². The number of ether oxygens (including phenoxy) is 1. The van der Waals surface area contributed by atoms with Crippen molar-refractivity contribution in [1.29, 1.82) is 0 Å². The highest BCUT2D eigenvalue weighted by molar-refractivity contribution is 6.32. The molecule has 20 heavy (non-hydrogen) atoms. The number of aliphatic hydroxyl groups excluding tert-OH is 1. The molecule has 112 valence electrons. The van der Waals surface area contributed by atoms with E-state index in [0.29, 0.717) is 12.3 Å². The van der Waals surface area contributed by atoms with Gasteiger partial charge in [-0.1, -0.05) is 25.4 Å². The van der Waals surface area contributed by atoms with Crippen molar-refractivity contribution in [2.75, 3.05) is 13.2 Å². The molecule has 1 amide bonds. The molecular formula is C14H19ClFNO3. The number of amides is 1. The van der Waals surface area contributed by atoms with Gasteiger partial charge < -0.3 is 15.2 Å². The summed E-state index contributed by atoms with van der Waals surface area (Å²) in [7, 11) is 0. The standard InChI is InChI=1S/C14H19ClFNO3/c1-9(2)5-11(7-18)17-14(19)8-20-13-4-3-10(16)6-12(13)15/h3-4,6,9,11,18H,5,7-8H2,1-2H3,(H,17,19). The lowest BCUT2D eigenvalue weighted by Crippen LogP contribution is -2.40. The number of hydrogen-bond acceptors (Lipinski definition) is 3. The minimum Gasteiger partial charge on any atom is -0.482 e. The molecule has 6 heteroatoms. The molecule has 0 aliphatic carbocycles. The first-order valence-electron chi connectivity index (χ1n) is 6.40. The maximum atomic E-state index is 12.8. The van der Waals surface area contributed by atoms with E-state index in [1.165, 1.54) is 12.1 Å². The zero-order valence-electron chi connectivity index (χ0n) is 11.5. The van der Waals surface area contributed by atoms with Gasteiger partial charge in [0, 0.05) is 0 Å². The quantitative estimate of drug-likeness (QED) is 0.813. The number of hydrogen-bond donors (Lipinski definition) is 2. The molecule has 0 saturated heterocycles. The molecule has 2 N–H and O–H groups in total. The second-order valence-electron chi connectivity index (χ2n) is 4.94. The average molecular weight is 304 g/mol. The molecule has 1 unspecified atom stereocenters. The Bertz CT molecular complexity index is 454. The minimum atomic E-state index is -0.468. The van der Waals surface area contributed by atoms with E-state index in [9.17, 15) is 9.18 Å². The summed E-state index contributed by atoms with van der Waals surface area (Å²) in [5, 5.41) is 11.9. The van der Waals surface area contributed by atoms with Crippen molar-refractivity contribution in [2.24, 2.45) is 5.92 Å². The molecule has 0 bridgehead atoms. The van der Waals surface area contributed by atoms with Crippen LogP contribution in [0.1, 0.15) is 20.3 Å². The molecule has 1 atom stereocenters. The Morgan fingerprint density at radius 1 is 1.50 bits per heavy atom. The van der Waals surface area contributed by atoms with Crippen molar-refractivity contribution in [3.8, 4) is 5.75 Å². The van der Waals surface area contributed by atoms with Crippen molar-refractivity contribution < 1.29 is 19.0 Å². The van der Waals surface area contributed by atoms with Crippen LogP contribution in [0.3, 0.4) is 0 Å². The molecule has 0 aromatic heterocycles. The lowest BCUT2D eigenvalue weighted by atomic mass is 10.0. The zero-order valence-corrected chi connectivity index (χ0v) is 12.3. The van der Waals surface area contributed by atoms with Crippen LogP contribution in [-0.2, 0) is 4.79 Å². The molecule has 1 rings (SSSR count). The number of aliphatic hydroxyl groups is 1. The molecule has 0 saturated carbocycles. The van der Waals surface area contributed by atoms with Gasteiger partial charge in [-0.15, -0.1) is 0 Å². The van der Waals surface area contributed by atoms with Crippen LogP contribution in [-0.4, -0.2) is 30.3 Å². The van der Waals surface area contributed by atoms with Gasteiger partial charge in [-0.2, -0.15) is 0 Å². The Morgan fingerprint density at radius 3 is 2.75 bits per heavy atom. The molecule has 0 aliphatic rings. The van der Waals surface area contributed by atoms with Gasteiger partial charge >= 0.3 is 0 Å². The van der Waals surface area contributed by atoms with Crippen LogP contribution in [0.15, 0.2) is 18.2 Å². The van der Waals surface area contributed by atoms with Crippen molar-refractivity contribution >= 4 is 17.5 Å². The third kappa shape index (κ3) is 5.75. The molecule has 0 aliphatic heterocycles. The van der Waals surface area contributed by atoms with Crippen LogP contribution in [0.5, 0.6) is 5.75 Å². The molecule has 1 aromatic rings. The summed E-state index contributed by atoms with van der Waals surface area (Å²) in [6.07, 6.45) is 0.680. The molecule has 0 fully saturated rings. The van der Waals surface area contributed by atoms with E-state index in [2.05, 4.69) is 5.32 Å². The van der Waals surface area contributed by atoms with Crippen molar-refractivity contribution in [3.63, 3.8) is 0 Å². The Hall–Kier alpha value is -1.33. The molecule has 0 heterocycles. The van der Waals surface area contributed by atoms with Crippen LogP contribution in [0, 0.1) is 11.7 Å². The molecule has 0 spiro atoms. The largest absolute Gasteiger partial charge is 0.482 e. The Labute approximate surface area is 122 Å². The highest BCUT2D eigenvalue weighted by atomic mass is 35.5. The van der Waals surface area contributed by atoms with Gasteiger partial charge in [-0.05, 0) is 30.5 Å². The maximum Gasteiger partial charge on any atom is 0.258 e. The lowest BCUT2D eigenvalue weighted by molar-refractivity contribution is -0.124. The van der Waals surface area contributed by atoms with E-state index in [1.54, 1.807) is 0 Å². The SMILES string of the molecule is CC(C)CC(CO)NC(=O)COc1ccc(F)cc1Cl. The van der Waals surface area contributed by atoms with Gasteiger partial charge in [0.15, 0.2) is 6.61 Å². The fraction of sp³-hybridized carbons (Fsp3) is 0.500. The summed E-state index contributed by atoms with van der Waals surface area (Å²) in [5.41, 5.74) is 0. The van der Waals surface area contributed by atoms with Crippen LogP contribution in [0.25, 0.3) is 0 Å². The maximum absolute atomic E-state index is 12.8. The normalized spacial score (nSPS) is 12.3. The number of benzene rings is 1. The fourth-order valence-electron chi connectivity index (χ4n) is 1.75. The van der Waals surface area contributed by atoms with Crippen LogP contribution >= 0.6 is 11.6 Å². The molecule has 4 nitrogen and oxygen atoms in total. The third-order valence-corrected chi connectivity index (χ3v) is 2.89. The average Bonchev–Trinajstić information content (AvgIpc) is 2.36. The smallest absolute Gasteiger partial charge is 0.258 e. The second-order valence-corrected chi connectivity index (χ2v) is 5.35. The Balaban J connectivity index is 2.46. The minimum absolute atomic E-state index is 0.110. The molecule has 1 aromatic carbocycles. The first-order valence-corrected chi connectivity index (χ1v) is 6.78. The lowest BCUT2D eigenvalue weighted by Gasteiger charge is -2.18. The summed E-state index contributed by atoms with van der Waals surface area (Å²) >= 11 is 5.78. The summed E-state index contributed by atoms with van der Waals surface area (Å²) < 4.78 is 18.1. The van der Waals surface area contributed by atoms with Crippen LogP contribution < -0.4 is 10.1 Å². The Kier molecular flexibility index (Phi) is 6.75. The van der Waals surface area contributed by atoms with Crippen molar-refractivity contribution in [3.05, 3.63) is 29.0 Å². The highest BCUT2D eigenvalue weighted by Gasteiger charge is 2.14. The van der Waals surface area contributed by atoms with Crippen molar-refractivity contribution in [1.82, 2.24) is 5.32 Å². The number of rotatable bonds is 7. The summed E-state index contributed by atoms with van der Waals surface area (Å²) in [5.74, 6) is -0.221. The first kappa shape index (κ1) is 16.7. The summed E-state index contributed by atoms with van der Waals surface area (Å²) in [6.45, 7) is 3.65. The van der Waals surface area contributed by atoms with E-state index in [4.69, 9.17) is 21.4 Å². The van der Waals surface area contributed by atoms with Gasteiger partial charge in [0.2, 0.25) is 0 Å². The Morgan fingerprint density at radius 2 is 2.20 bits per heavy atom. The highest BCUT2D eigenvalue weighted by Crippen LogP contribution is 2.24. The second kappa shape index (κ2) is 8.07. The predicted octanol–water partition coefficient (Wildman–Crippen LogP) is 2.38. The van der Waals surface area contributed by atoms with Gasteiger partial charge in [-0.25, -0.2) is 4.39 Å². The molecular weight excluding hydrogens is 285 g/mol. The van der Waals surface area contributed by atoms with E-state index >= 15 is 0 Å². The van der Waals surface area contributed by atoms with E-state index in [1.807, 2.05) is 13.8 Å². The topological polar surface area (TPSA) is 58.6 Å².